The number of hydrogen-bond acceptors (Lipinski definition) is 7. The number of esters is 2. The zero-order valence-electron chi connectivity index (χ0n) is 11.1. The van der Waals surface area contributed by atoms with E-state index in [0.717, 1.165) is 6.08 Å². The third-order valence-corrected chi connectivity index (χ3v) is 2.17. The summed E-state index contributed by atoms with van der Waals surface area (Å²) in [5.41, 5.74) is -0.120. The van der Waals surface area contributed by atoms with E-state index in [0.29, 0.717) is 0 Å². The number of carboxylic acids is 1. The van der Waals surface area contributed by atoms with E-state index in [-0.39, 0.29) is 32.0 Å². The lowest BCUT2D eigenvalue weighted by molar-refractivity contribution is -0.154. The molecule has 3 N–H and O–H groups in total. The molecule has 0 heterocycles. The van der Waals surface area contributed by atoms with Crippen molar-refractivity contribution >= 4 is 17.9 Å². The maximum Gasteiger partial charge on any atom is 0.330 e. The summed E-state index contributed by atoms with van der Waals surface area (Å²) >= 11 is 0. The molecule has 0 aliphatic heterocycles. The van der Waals surface area contributed by atoms with E-state index in [1.807, 2.05) is 0 Å². The van der Waals surface area contributed by atoms with Crippen LogP contribution in [-0.2, 0) is 23.9 Å². The molecule has 0 amide bonds. The molecule has 0 saturated heterocycles. The molecule has 0 rings (SSSR count). The number of aliphatic hydroxyl groups is 2. The highest BCUT2D eigenvalue weighted by atomic mass is 16.5. The molecule has 1 unspecified atom stereocenters. The summed E-state index contributed by atoms with van der Waals surface area (Å²) in [5, 5.41) is 25.8. The van der Waals surface area contributed by atoms with Gasteiger partial charge >= 0.3 is 17.9 Å². The third-order valence-electron chi connectivity index (χ3n) is 2.17. The predicted octanol–water partition coefficient (Wildman–Crippen LogP) is -0.905. The van der Waals surface area contributed by atoms with Crippen molar-refractivity contribution in [3.05, 3.63) is 11.6 Å². The first kappa shape index (κ1) is 18.1. The van der Waals surface area contributed by atoms with Gasteiger partial charge in [0.25, 0.3) is 0 Å². The van der Waals surface area contributed by atoms with Gasteiger partial charge in [-0.3, -0.25) is 9.59 Å². The molecule has 0 radical (unpaired) electrons. The second-order valence-electron chi connectivity index (χ2n) is 3.80. The van der Waals surface area contributed by atoms with Gasteiger partial charge in [-0.15, -0.1) is 0 Å². The average Bonchev–Trinajstić information content (AvgIpc) is 2.41. The maximum atomic E-state index is 11.6. The minimum absolute atomic E-state index is 0.120. The number of carbonyl (C=O) groups is 3. The van der Waals surface area contributed by atoms with Crippen molar-refractivity contribution in [1.82, 2.24) is 0 Å². The lowest BCUT2D eigenvalue weighted by Crippen LogP contribution is -2.23. The van der Waals surface area contributed by atoms with Crippen molar-refractivity contribution in [3.8, 4) is 0 Å². The Morgan fingerprint density at radius 2 is 1.65 bits per heavy atom. The van der Waals surface area contributed by atoms with Crippen molar-refractivity contribution in [2.24, 2.45) is 5.92 Å². The maximum absolute atomic E-state index is 11.6. The molecule has 8 heteroatoms. The Bertz CT molecular complexity index is 374. The summed E-state index contributed by atoms with van der Waals surface area (Å²) in [6, 6.07) is 0. The molecule has 0 aromatic carbocycles. The summed E-state index contributed by atoms with van der Waals surface area (Å²) in [7, 11) is 0. The largest absolute Gasteiger partial charge is 0.478 e. The van der Waals surface area contributed by atoms with Gasteiger partial charge in [-0.05, 0) is 6.92 Å². The number of ether oxygens (including phenoxy) is 2. The van der Waals surface area contributed by atoms with Gasteiger partial charge in [-0.2, -0.15) is 0 Å². The van der Waals surface area contributed by atoms with Gasteiger partial charge in [0, 0.05) is 5.57 Å². The summed E-state index contributed by atoms with van der Waals surface area (Å²) < 4.78 is 9.25. The molecular weight excluding hydrogens is 272 g/mol. The normalized spacial score (nSPS) is 12.7. The second kappa shape index (κ2) is 9.93. The standard InChI is InChI=1S/C12H18O8/c1-8(11(16)17)6-9(12(18)20-5-3-14)7-10(15)19-4-2-13/h6,9,13-14H,2-5,7H2,1H3,(H,16,17). The summed E-state index contributed by atoms with van der Waals surface area (Å²) in [5.74, 6) is -3.95. The minimum atomic E-state index is -1.23. The molecule has 0 aliphatic carbocycles. The van der Waals surface area contributed by atoms with Crippen LogP contribution in [0.3, 0.4) is 0 Å². The molecular formula is C12H18O8. The number of carbonyl (C=O) groups excluding carboxylic acids is 2. The van der Waals surface area contributed by atoms with Crippen LogP contribution in [0.4, 0.5) is 0 Å². The van der Waals surface area contributed by atoms with Crippen molar-refractivity contribution in [3.63, 3.8) is 0 Å². The molecule has 0 aliphatic rings. The zero-order valence-corrected chi connectivity index (χ0v) is 11.1. The van der Waals surface area contributed by atoms with Crippen LogP contribution in [0.1, 0.15) is 13.3 Å². The highest BCUT2D eigenvalue weighted by molar-refractivity contribution is 5.88. The topological polar surface area (TPSA) is 130 Å². The lowest BCUT2D eigenvalue weighted by Gasteiger charge is -2.12. The summed E-state index contributed by atoms with van der Waals surface area (Å²) in [6.07, 6.45) is 0.678. The number of rotatable bonds is 9. The van der Waals surface area contributed by atoms with Crippen molar-refractivity contribution in [2.75, 3.05) is 26.4 Å². The zero-order chi connectivity index (χ0) is 15.5. The second-order valence-corrected chi connectivity index (χ2v) is 3.80. The van der Waals surface area contributed by atoms with Crippen LogP contribution in [-0.4, -0.2) is 59.7 Å². The first-order valence-electron chi connectivity index (χ1n) is 5.88. The third kappa shape index (κ3) is 7.49. The van der Waals surface area contributed by atoms with Gasteiger partial charge in [-0.25, -0.2) is 4.79 Å². The van der Waals surface area contributed by atoms with Crippen LogP contribution in [0, 0.1) is 5.92 Å². The minimum Gasteiger partial charge on any atom is -0.478 e. The van der Waals surface area contributed by atoms with Crippen LogP contribution in [0.5, 0.6) is 0 Å². The van der Waals surface area contributed by atoms with E-state index in [2.05, 4.69) is 9.47 Å². The first-order valence-corrected chi connectivity index (χ1v) is 5.88. The highest BCUT2D eigenvalue weighted by Gasteiger charge is 2.23. The van der Waals surface area contributed by atoms with Crippen LogP contribution < -0.4 is 0 Å². The fourth-order valence-electron chi connectivity index (χ4n) is 1.23. The summed E-state index contributed by atoms with van der Waals surface area (Å²) in [4.78, 5) is 33.7. The Labute approximate surface area is 115 Å². The molecule has 0 spiro atoms. The molecule has 0 aromatic rings. The predicted molar refractivity (Wildman–Crippen MR) is 65.6 cm³/mol. The van der Waals surface area contributed by atoms with E-state index in [1.165, 1.54) is 6.92 Å². The number of aliphatic carboxylic acids is 1. The molecule has 0 fully saturated rings. The Kier molecular flexibility index (Phi) is 8.97. The van der Waals surface area contributed by atoms with Crippen LogP contribution in [0.25, 0.3) is 0 Å². The number of aliphatic hydroxyl groups excluding tert-OH is 2. The van der Waals surface area contributed by atoms with E-state index in [4.69, 9.17) is 15.3 Å². The Hall–Kier alpha value is -1.93. The Morgan fingerprint density at radius 3 is 2.15 bits per heavy atom. The van der Waals surface area contributed by atoms with Crippen molar-refractivity contribution in [1.29, 1.82) is 0 Å². The fourth-order valence-corrected chi connectivity index (χ4v) is 1.23. The molecule has 8 nitrogen and oxygen atoms in total. The number of hydrogen-bond donors (Lipinski definition) is 3. The van der Waals surface area contributed by atoms with Crippen LogP contribution in [0.2, 0.25) is 0 Å². The van der Waals surface area contributed by atoms with E-state index in [1.54, 1.807) is 0 Å². The molecule has 0 bridgehead atoms. The van der Waals surface area contributed by atoms with E-state index >= 15 is 0 Å². The monoisotopic (exact) mass is 290 g/mol. The van der Waals surface area contributed by atoms with Gasteiger partial charge in [0.2, 0.25) is 0 Å². The smallest absolute Gasteiger partial charge is 0.330 e. The van der Waals surface area contributed by atoms with Crippen molar-refractivity contribution in [2.45, 2.75) is 13.3 Å². The average molecular weight is 290 g/mol. The quantitative estimate of drug-likeness (QED) is 0.367. The van der Waals surface area contributed by atoms with Gasteiger partial charge in [0.1, 0.15) is 13.2 Å². The van der Waals surface area contributed by atoms with Crippen LogP contribution in [0.15, 0.2) is 11.6 Å². The number of carboxylic acid groups (broad SMARTS) is 1. The van der Waals surface area contributed by atoms with E-state index < -0.39 is 30.2 Å². The first-order chi connectivity index (χ1) is 9.42. The van der Waals surface area contributed by atoms with Crippen LogP contribution >= 0.6 is 0 Å². The lowest BCUT2D eigenvalue weighted by atomic mass is 10.0. The molecule has 20 heavy (non-hydrogen) atoms. The SMILES string of the molecule is CC(=CC(CC(=O)OCCO)C(=O)OCCO)C(=O)O. The molecule has 0 saturated carbocycles. The van der Waals surface area contributed by atoms with Gasteiger partial charge in [0.15, 0.2) is 0 Å². The van der Waals surface area contributed by atoms with Gasteiger partial charge < -0.3 is 24.8 Å². The molecule has 0 aromatic heterocycles. The molecule has 114 valence electrons. The summed E-state index contributed by atoms with van der Waals surface area (Å²) in [6.45, 7) is 0.0813. The molecule has 1 atom stereocenters. The van der Waals surface area contributed by atoms with Gasteiger partial charge in [0.05, 0.1) is 25.6 Å². The Balaban J connectivity index is 4.78. The van der Waals surface area contributed by atoms with E-state index in [9.17, 15) is 14.4 Å². The Morgan fingerprint density at radius 1 is 1.10 bits per heavy atom. The highest BCUT2D eigenvalue weighted by Crippen LogP contribution is 2.12. The van der Waals surface area contributed by atoms with Crippen molar-refractivity contribution < 1.29 is 39.2 Å². The van der Waals surface area contributed by atoms with Gasteiger partial charge in [-0.1, -0.05) is 6.08 Å². The fraction of sp³-hybridized carbons (Fsp3) is 0.583.